The highest BCUT2D eigenvalue weighted by Gasteiger charge is 2.29. The van der Waals surface area contributed by atoms with Crippen LogP contribution in [0, 0.1) is 5.92 Å². The van der Waals surface area contributed by atoms with Crippen molar-refractivity contribution in [2.75, 3.05) is 19.6 Å². The van der Waals surface area contributed by atoms with E-state index in [2.05, 4.69) is 26.1 Å². The summed E-state index contributed by atoms with van der Waals surface area (Å²) < 4.78 is 0. The first kappa shape index (κ1) is 15.4. The molecular formula is C14H28N2O2. The molecule has 1 fully saturated rings. The number of β-amino-alcohol motifs (C(OH)–C–C–N with tert-alkyl or cyclic N) is 1. The predicted octanol–water partition coefficient (Wildman–Crippen LogP) is 1.38. The van der Waals surface area contributed by atoms with Crippen molar-refractivity contribution in [3.63, 3.8) is 0 Å². The molecule has 18 heavy (non-hydrogen) atoms. The fourth-order valence-corrected chi connectivity index (χ4v) is 2.50. The Bertz CT molecular complexity index is 256. The highest BCUT2D eigenvalue weighted by Crippen LogP contribution is 2.14. The molecule has 1 aliphatic rings. The number of aliphatic hydroxyl groups excluding tert-OH is 1. The van der Waals surface area contributed by atoms with Gasteiger partial charge in [-0.3, -0.25) is 4.79 Å². The van der Waals surface area contributed by atoms with Gasteiger partial charge in [-0.25, -0.2) is 0 Å². The lowest BCUT2D eigenvalue weighted by Crippen LogP contribution is -2.52. The Morgan fingerprint density at radius 3 is 2.83 bits per heavy atom. The number of aliphatic hydroxyl groups is 1. The van der Waals surface area contributed by atoms with E-state index in [4.69, 9.17) is 0 Å². The molecule has 0 aliphatic carbocycles. The molecule has 1 rings (SSSR count). The maximum atomic E-state index is 12.2. The molecular weight excluding hydrogens is 228 g/mol. The third-order valence-electron chi connectivity index (χ3n) is 3.35. The molecule has 1 amide bonds. The zero-order chi connectivity index (χ0) is 13.5. The largest absolute Gasteiger partial charge is 0.391 e. The summed E-state index contributed by atoms with van der Waals surface area (Å²) in [6.45, 7) is 8.45. The first-order valence-corrected chi connectivity index (χ1v) is 7.24. The van der Waals surface area contributed by atoms with Crippen molar-refractivity contribution in [1.82, 2.24) is 10.2 Å². The predicted molar refractivity (Wildman–Crippen MR) is 73.4 cm³/mol. The molecule has 1 heterocycles. The zero-order valence-electron chi connectivity index (χ0n) is 12.0. The summed E-state index contributed by atoms with van der Waals surface area (Å²) in [7, 11) is 0. The third-order valence-corrected chi connectivity index (χ3v) is 3.35. The van der Waals surface area contributed by atoms with Crippen LogP contribution in [-0.2, 0) is 4.79 Å². The molecule has 0 bridgehead atoms. The standard InChI is InChI=1S/C14H28N2O2/c1-4-7-15-13-6-5-8-16(14(13)18)10-12(17)9-11(2)3/h11-13,15,17H,4-10H2,1-3H3. The van der Waals surface area contributed by atoms with E-state index in [0.717, 1.165) is 38.8 Å². The molecule has 0 radical (unpaired) electrons. The second kappa shape index (κ2) is 7.74. The number of piperidine rings is 1. The monoisotopic (exact) mass is 256 g/mol. The Morgan fingerprint density at radius 2 is 2.22 bits per heavy atom. The Hall–Kier alpha value is -0.610. The smallest absolute Gasteiger partial charge is 0.239 e. The second-order valence-electron chi connectivity index (χ2n) is 5.72. The quantitative estimate of drug-likeness (QED) is 0.723. The first-order chi connectivity index (χ1) is 8.54. The van der Waals surface area contributed by atoms with Crippen LogP contribution in [0.3, 0.4) is 0 Å². The van der Waals surface area contributed by atoms with E-state index < -0.39 is 0 Å². The lowest BCUT2D eigenvalue weighted by molar-refractivity contribution is -0.137. The molecule has 2 atom stereocenters. The average molecular weight is 256 g/mol. The summed E-state index contributed by atoms with van der Waals surface area (Å²) in [4.78, 5) is 14.0. The molecule has 4 heteroatoms. The first-order valence-electron chi connectivity index (χ1n) is 7.24. The summed E-state index contributed by atoms with van der Waals surface area (Å²) in [5.41, 5.74) is 0. The van der Waals surface area contributed by atoms with Gasteiger partial charge in [0.2, 0.25) is 5.91 Å². The lowest BCUT2D eigenvalue weighted by Gasteiger charge is -2.34. The van der Waals surface area contributed by atoms with Gasteiger partial charge in [-0.15, -0.1) is 0 Å². The number of likely N-dealkylation sites (tertiary alicyclic amines) is 1. The second-order valence-corrected chi connectivity index (χ2v) is 5.72. The van der Waals surface area contributed by atoms with Crippen molar-refractivity contribution in [3.05, 3.63) is 0 Å². The number of amides is 1. The summed E-state index contributed by atoms with van der Waals surface area (Å²) in [5.74, 6) is 0.631. The van der Waals surface area contributed by atoms with Crippen molar-refractivity contribution in [2.24, 2.45) is 5.92 Å². The molecule has 0 saturated carbocycles. The Kier molecular flexibility index (Phi) is 6.65. The van der Waals surface area contributed by atoms with Crippen LogP contribution in [0.4, 0.5) is 0 Å². The fourth-order valence-electron chi connectivity index (χ4n) is 2.50. The summed E-state index contributed by atoms with van der Waals surface area (Å²) in [6.07, 6.45) is 3.37. The van der Waals surface area contributed by atoms with Gasteiger partial charge < -0.3 is 15.3 Å². The minimum atomic E-state index is -0.390. The van der Waals surface area contributed by atoms with Crippen LogP contribution >= 0.6 is 0 Å². The van der Waals surface area contributed by atoms with Gasteiger partial charge in [-0.2, -0.15) is 0 Å². The van der Waals surface area contributed by atoms with Gasteiger partial charge in [0.25, 0.3) is 0 Å². The molecule has 1 aliphatic heterocycles. The molecule has 0 aromatic carbocycles. The Labute approximate surface area is 111 Å². The van der Waals surface area contributed by atoms with E-state index in [9.17, 15) is 9.90 Å². The number of nitrogens with zero attached hydrogens (tertiary/aromatic N) is 1. The zero-order valence-corrected chi connectivity index (χ0v) is 12.0. The lowest BCUT2D eigenvalue weighted by atomic mass is 10.0. The maximum Gasteiger partial charge on any atom is 0.239 e. The summed E-state index contributed by atoms with van der Waals surface area (Å²) in [5, 5.41) is 13.2. The topological polar surface area (TPSA) is 52.6 Å². The maximum absolute atomic E-state index is 12.2. The average Bonchev–Trinajstić information content (AvgIpc) is 2.29. The van der Waals surface area contributed by atoms with E-state index in [1.54, 1.807) is 0 Å². The number of nitrogens with one attached hydrogen (secondary N) is 1. The molecule has 106 valence electrons. The highest BCUT2D eigenvalue weighted by molar-refractivity contribution is 5.82. The van der Waals surface area contributed by atoms with E-state index in [1.807, 2.05) is 4.90 Å². The molecule has 0 aromatic heterocycles. The van der Waals surface area contributed by atoms with Gasteiger partial charge >= 0.3 is 0 Å². The van der Waals surface area contributed by atoms with E-state index in [1.165, 1.54) is 0 Å². The van der Waals surface area contributed by atoms with Gasteiger partial charge in [0.15, 0.2) is 0 Å². The molecule has 1 saturated heterocycles. The van der Waals surface area contributed by atoms with Crippen molar-refractivity contribution in [1.29, 1.82) is 0 Å². The van der Waals surface area contributed by atoms with E-state index in [-0.39, 0.29) is 18.1 Å². The highest BCUT2D eigenvalue weighted by atomic mass is 16.3. The number of rotatable bonds is 7. The summed E-state index contributed by atoms with van der Waals surface area (Å²) >= 11 is 0. The molecule has 4 nitrogen and oxygen atoms in total. The Balaban J connectivity index is 2.42. The number of carbonyl (C=O) groups excluding carboxylic acids is 1. The van der Waals surface area contributed by atoms with Crippen molar-refractivity contribution < 1.29 is 9.90 Å². The van der Waals surface area contributed by atoms with Gasteiger partial charge in [-0.1, -0.05) is 20.8 Å². The summed E-state index contributed by atoms with van der Waals surface area (Å²) in [6, 6.07) is -0.0371. The van der Waals surface area contributed by atoms with E-state index in [0.29, 0.717) is 12.5 Å². The van der Waals surface area contributed by atoms with Crippen LogP contribution in [0.15, 0.2) is 0 Å². The van der Waals surface area contributed by atoms with Gasteiger partial charge in [0.05, 0.1) is 12.1 Å². The third kappa shape index (κ3) is 4.94. The molecule has 2 unspecified atom stereocenters. The normalized spacial score (nSPS) is 22.6. The van der Waals surface area contributed by atoms with Crippen LogP contribution < -0.4 is 5.32 Å². The number of hydrogen-bond donors (Lipinski definition) is 2. The van der Waals surface area contributed by atoms with Crippen LogP contribution in [-0.4, -0.2) is 47.7 Å². The molecule has 0 aromatic rings. The fraction of sp³-hybridized carbons (Fsp3) is 0.929. The number of carbonyl (C=O) groups is 1. The van der Waals surface area contributed by atoms with Crippen LogP contribution in [0.2, 0.25) is 0 Å². The Morgan fingerprint density at radius 1 is 1.50 bits per heavy atom. The molecule has 0 spiro atoms. The van der Waals surface area contributed by atoms with Gasteiger partial charge in [-0.05, 0) is 38.1 Å². The van der Waals surface area contributed by atoms with Crippen molar-refractivity contribution in [2.45, 2.75) is 58.6 Å². The van der Waals surface area contributed by atoms with Crippen LogP contribution in [0.1, 0.15) is 46.5 Å². The van der Waals surface area contributed by atoms with Crippen LogP contribution in [0.25, 0.3) is 0 Å². The van der Waals surface area contributed by atoms with Gasteiger partial charge in [0, 0.05) is 13.1 Å². The number of hydrogen-bond acceptors (Lipinski definition) is 3. The molecule has 2 N–H and O–H groups in total. The minimum Gasteiger partial charge on any atom is -0.391 e. The minimum absolute atomic E-state index is 0.0371. The van der Waals surface area contributed by atoms with E-state index >= 15 is 0 Å². The van der Waals surface area contributed by atoms with Crippen LogP contribution in [0.5, 0.6) is 0 Å². The van der Waals surface area contributed by atoms with Crippen molar-refractivity contribution in [3.8, 4) is 0 Å². The van der Waals surface area contributed by atoms with Crippen molar-refractivity contribution >= 4 is 5.91 Å². The SMILES string of the molecule is CCCNC1CCCN(CC(O)CC(C)C)C1=O. The van der Waals surface area contributed by atoms with Gasteiger partial charge in [0.1, 0.15) is 0 Å².